The Morgan fingerprint density at radius 3 is 2.57 bits per heavy atom. The van der Waals surface area contributed by atoms with Crippen molar-refractivity contribution in [3.05, 3.63) is 29.8 Å². The lowest BCUT2D eigenvalue weighted by atomic mass is 10.1. The lowest BCUT2D eigenvalue weighted by molar-refractivity contribution is 0.330. The van der Waals surface area contributed by atoms with Gasteiger partial charge in [-0.05, 0) is 58.9 Å². The Kier molecular flexibility index (Phi) is 5.38. The summed E-state index contributed by atoms with van der Waals surface area (Å²) in [6, 6.07) is 8.69. The van der Waals surface area contributed by atoms with Gasteiger partial charge in [0.15, 0.2) is 0 Å². The molecule has 1 aliphatic heterocycles. The van der Waals surface area contributed by atoms with Gasteiger partial charge in [0.25, 0.3) is 0 Å². The molecule has 2 rings (SSSR count). The van der Waals surface area contributed by atoms with Crippen LogP contribution in [0, 0.1) is 0 Å². The van der Waals surface area contributed by atoms with E-state index in [9.17, 15) is 8.42 Å². The molecule has 1 aliphatic rings. The van der Waals surface area contributed by atoms with Gasteiger partial charge in [0.1, 0.15) is 0 Å². The van der Waals surface area contributed by atoms with E-state index >= 15 is 0 Å². The molecule has 0 spiro atoms. The molecule has 23 heavy (non-hydrogen) atoms. The Morgan fingerprint density at radius 1 is 1.30 bits per heavy atom. The summed E-state index contributed by atoms with van der Waals surface area (Å²) in [6.45, 7) is 8.78. The molecule has 0 radical (unpaired) electrons. The van der Waals surface area contributed by atoms with Crippen molar-refractivity contribution in [2.75, 3.05) is 18.9 Å². The van der Waals surface area contributed by atoms with Gasteiger partial charge in [0.05, 0.1) is 5.75 Å². The van der Waals surface area contributed by atoms with E-state index in [-0.39, 0.29) is 5.75 Å². The molecule has 2 unspecified atom stereocenters. The Labute approximate surface area is 140 Å². The molecular formula is C17H29N3O2S. The van der Waals surface area contributed by atoms with Crippen molar-refractivity contribution in [1.82, 2.24) is 9.62 Å². The maximum absolute atomic E-state index is 12.2. The molecule has 130 valence electrons. The maximum atomic E-state index is 12.2. The standard InChI is InChI=1S/C17H29N3O2S/c1-13-9-16(11-20(13)5)18-15-8-6-7-14(10-15)12-23(21,22)19-17(2,3)4/h6-8,10,13,16,18-19H,9,11-12H2,1-5H3. The van der Waals surface area contributed by atoms with Crippen LogP contribution in [0.5, 0.6) is 0 Å². The number of hydrogen-bond acceptors (Lipinski definition) is 4. The van der Waals surface area contributed by atoms with Crippen LogP contribution in [-0.2, 0) is 15.8 Å². The lowest BCUT2D eigenvalue weighted by Crippen LogP contribution is -2.41. The molecule has 1 aromatic rings. The second-order valence-electron chi connectivity index (χ2n) is 7.68. The third-order valence-corrected chi connectivity index (χ3v) is 5.64. The van der Waals surface area contributed by atoms with Gasteiger partial charge in [0.2, 0.25) is 10.0 Å². The molecule has 1 heterocycles. The van der Waals surface area contributed by atoms with E-state index in [2.05, 4.69) is 28.9 Å². The summed E-state index contributed by atoms with van der Waals surface area (Å²) in [6.07, 6.45) is 1.10. The molecule has 2 atom stereocenters. The molecule has 1 aromatic carbocycles. The van der Waals surface area contributed by atoms with Gasteiger partial charge >= 0.3 is 0 Å². The van der Waals surface area contributed by atoms with E-state index in [1.165, 1.54) is 0 Å². The van der Waals surface area contributed by atoms with Crippen LogP contribution in [0.25, 0.3) is 0 Å². The average Bonchev–Trinajstić information content (AvgIpc) is 2.64. The molecule has 2 N–H and O–H groups in total. The smallest absolute Gasteiger partial charge is 0.216 e. The number of nitrogens with one attached hydrogen (secondary N) is 2. The van der Waals surface area contributed by atoms with Crippen LogP contribution >= 0.6 is 0 Å². The topological polar surface area (TPSA) is 61.4 Å². The van der Waals surface area contributed by atoms with Crippen LogP contribution < -0.4 is 10.0 Å². The van der Waals surface area contributed by atoms with Crippen molar-refractivity contribution in [3.63, 3.8) is 0 Å². The minimum Gasteiger partial charge on any atom is -0.381 e. The molecule has 6 heteroatoms. The number of likely N-dealkylation sites (N-methyl/N-ethyl adjacent to an activating group) is 1. The zero-order valence-electron chi connectivity index (χ0n) is 14.8. The third-order valence-electron chi connectivity index (χ3n) is 4.00. The first-order chi connectivity index (χ1) is 10.5. The fourth-order valence-corrected chi connectivity index (χ4v) is 4.63. The highest BCUT2D eigenvalue weighted by Crippen LogP contribution is 2.21. The predicted octanol–water partition coefficient (Wildman–Crippen LogP) is 2.41. The second-order valence-corrected chi connectivity index (χ2v) is 9.40. The Hall–Kier alpha value is -1.11. The summed E-state index contributed by atoms with van der Waals surface area (Å²) in [5.74, 6) is 0.000756. The molecule has 0 saturated carbocycles. The maximum Gasteiger partial charge on any atom is 0.216 e. The van der Waals surface area contributed by atoms with Gasteiger partial charge in [-0.3, -0.25) is 0 Å². The highest BCUT2D eigenvalue weighted by Gasteiger charge is 2.26. The second kappa shape index (κ2) is 6.79. The van der Waals surface area contributed by atoms with Crippen LogP contribution in [0.15, 0.2) is 24.3 Å². The zero-order chi connectivity index (χ0) is 17.3. The van der Waals surface area contributed by atoms with E-state index < -0.39 is 15.6 Å². The Balaban J connectivity index is 2.03. The van der Waals surface area contributed by atoms with Gasteiger partial charge in [0, 0.05) is 29.9 Å². The average molecular weight is 340 g/mol. The van der Waals surface area contributed by atoms with E-state index in [1.54, 1.807) is 0 Å². The highest BCUT2D eigenvalue weighted by molar-refractivity contribution is 7.88. The highest BCUT2D eigenvalue weighted by atomic mass is 32.2. The summed E-state index contributed by atoms with van der Waals surface area (Å²) < 4.78 is 27.1. The summed E-state index contributed by atoms with van der Waals surface area (Å²) >= 11 is 0. The molecule has 0 aliphatic carbocycles. The number of anilines is 1. The SMILES string of the molecule is CC1CC(Nc2cccc(CS(=O)(=O)NC(C)(C)C)c2)CN1C. The fraction of sp³-hybridized carbons (Fsp3) is 0.647. The summed E-state index contributed by atoms with van der Waals surface area (Å²) in [4.78, 5) is 2.33. The number of hydrogen-bond donors (Lipinski definition) is 2. The van der Waals surface area contributed by atoms with Crippen LogP contribution in [0.1, 0.15) is 39.7 Å². The van der Waals surface area contributed by atoms with Crippen molar-refractivity contribution in [1.29, 1.82) is 0 Å². The number of nitrogens with zero attached hydrogens (tertiary/aromatic N) is 1. The Bertz CT molecular complexity index is 627. The molecule has 1 fully saturated rings. The van der Waals surface area contributed by atoms with Crippen LogP contribution in [0.4, 0.5) is 5.69 Å². The zero-order valence-corrected chi connectivity index (χ0v) is 15.6. The van der Waals surface area contributed by atoms with E-state index in [4.69, 9.17) is 0 Å². The van der Waals surface area contributed by atoms with Gasteiger partial charge < -0.3 is 10.2 Å². The van der Waals surface area contributed by atoms with Crippen LogP contribution in [-0.4, -0.2) is 44.5 Å². The molecule has 0 amide bonds. The van der Waals surface area contributed by atoms with Crippen molar-refractivity contribution in [3.8, 4) is 0 Å². The first-order valence-electron chi connectivity index (χ1n) is 8.11. The fourth-order valence-electron chi connectivity index (χ4n) is 3.01. The Morgan fingerprint density at radius 2 is 2.00 bits per heavy atom. The number of sulfonamides is 1. The summed E-state index contributed by atoms with van der Waals surface area (Å²) in [7, 11) is -1.21. The summed E-state index contributed by atoms with van der Waals surface area (Å²) in [5.41, 5.74) is 1.33. The lowest BCUT2D eigenvalue weighted by Gasteiger charge is -2.20. The van der Waals surface area contributed by atoms with Crippen molar-refractivity contribution < 1.29 is 8.42 Å². The minimum atomic E-state index is -3.34. The van der Waals surface area contributed by atoms with Gasteiger partial charge in [-0.1, -0.05) is 12.1 Å². The number of benzene rings is 1. The molecular weight excluding hydrogens is 310 g/mol. The van der Waals surface area contributed by atoms with E-state index in [0.717, 1.165) is 24.2 Å². The van der Waals surface area contributed by atoms with Gasteiger partial charge in [-0.2, -0.15) is 0 Å². The van der Waals surface area contributed by atoms with Crippen molar-refractivity contribution in [2.45, 2.75) is 57.5 Å². The first-order valence-corrected chi connectivity index (χ1v) is 9.77. The largest absolute Gasteiger partial charge is 0.381 e. The summed E-state index contributed by atoms with van der Waals surface area (Å²) in [5, 5.41) is 3.52. The molecule has 0 aromatic heterocycles. The molecule has 1 saturated heterocycles. The van der Waals surface area contributed by atoms with Crippen LogP contribution in [0.3, 0.4) is 0 Å². The van der Waals surface area contributed by atoms with E-state index in [0.29, 0.717) is 12.1 Å². The monoisotopic (exact) mass is 339 g/mol. The van der Waals surface area contributed by atoms with Crippen molar-refractivity contribution >= 4 is 15.7 Å². The third kappa shape index (κ3) is 5.79. The first kappa shape index (κ1) is 18.2. The quantitative estimate of drug-likeness (QED) is 0.865. The van der Waals surface area contributed by atoms with Gasteiger partial charge in [-0.25, -0.2) is 13.1 Å². The number of rotatable bonds is 5. The van der Waals surface area contributed by atoms with Gasteiger partial charge in [-0.15, -0.1) is 0 Å². The van der Waals surface area contributed by atoms with Crippen molar-refractivity contribution in [2.24, 2.45) is 0 Å². The van der Waals surface area contributed by atoms with E-state index in [1.807, 2.05) is 45.0 Å². The number of likely N-dealkylation sites (tertiary alicyclic amines) is 1. The molecule has 5 nitrogen and oxygen atoms in total. The minimum absolute atomic E-state index is 0.000756. The molecule has 0 bridgehead atoms. The normalized spacial score (nSPS) is 23.2. The van der Waals surface area contributed by atoms with Crippen LogP contribution in [0.2, 0.25) is 0 Å². The predicted molar refractivity (Wildman–Crippen MR) is 96.1 cm³/mol.